The first kappa shape index (κ1) is 17.6. The van der Waals surface area contributed by atoms with Gasteiger partial charge in [-0.15, -0.1) is 0 Å². The summed E-state index contributed by atoms with van der Waals surface area (Å²) in [4.78, 5) is 24.7. The number of carbonyl (C=O) groups excluding carboxylic acids is 2. The van der Waals surface area contributed by atoms with Gasteiger partial charge in [-0.2, -0.15) is 0 Å². The predicted molar refractivity (Wildman–Crippen MR) is 88.6 cm³/mol. The normalized spacial score (nSPS) is 10.2. The molecule has 0 fully saturated rings. The second kappa shape index (κ2) is 7.70. The number of aliphatic carboxylic acids is 1. The lowest BCUT2D eigenvalue weighted by atomic mass is 10.1. The molecule has 2 N–H and O–H groups in total. The molecular weight excluding hydrogens is 332 g/mol. The van der Waals surface area contributed by atoms with Crippen molar-refractivity contribution in [3.63, 3.8) is 0 Å². The summed E-state index contributed by atoms with van der Waals surface area (Å²) < 4.78 is 5.13. The topological polar surface area (TPSA) is 95.7 Å². The quantitative estimate of drug-likeness (QED) is 0.795. The zero-order valence-electron chi connectivity index (χ0n) is 13.0. The van der Waals surface area contributed by atoms with E-state index in [1.807, 2.05) is 0 Å². The fourth-order valence-corrected chi connectivity index (χ4v) is 2.37. The van der Waals surface area contributed by atoms with E-state index in [0.717, 1.165) is 4.90 Å². The van der Waals surface area contributed by atoms with Crippen molar-refractivity contribution in [3.8, 4) is 5.75 Å². The van der Waals surface area contributed by atoms with Crippen LogP contribution in [0.4, 0.5) is 5.69 Å². The Labute approximate surface area is 144 Å². The van der Waals surface area contributed by atoms with Gasteiger partial charge in [0.1, 0.15) is 5.75 Å². The largest absolute Gasteiger partial charge is 0.548 e. The first-order chi connectivity index (χ1) is 11.4. The molecule has 0 aliphatic carbocycles. The van der Waals surface area contributed by atoms with Crippen molar-refractivity contribution in [2.75, 3.05) is 19.4 Å². The van der Waals surface area contributed by atoms with Gasteiger partial charge in [0.2, 0.25) is 0 Å². The molecule has 2 aromatic rings. The SMILES string of the molecule is COc1cccc(CN(CC(=O)[O-])C(=O)c2ccc(Cl)cc2)c1N. The van der Waals surface area contributed by atoms with E-state index in [1.165, 1.54) is 19.2 Å². The van der Waals surface area contributed by atoms with E-state index >= 15 is 0 Å². The van der Waals surface area contributed by atoms with Crippen LogP contribution in [-0.2, 0) is 11.3 Å². The Bertz CT molecular complexity index is 747. The number of nitrogens with zero attached hydrogens (tertiary/aromatic N) is 1. The van der Waals surface area contributed by atoms with Gasteiger partial charge >= 0.3 is 0 Å². The van der Waals surface area contributed by atoms with E-state index < -0.39 is 18.4 Å². The van der Waals surface area contributed by atoms with Gasteiger partial charge in [-0.3, -0.25) is 4.79 Å². The lowest BCUT2D eigenvalue weighted by molar-refractivity contribution is -0.305. The van der Waals surface area contributed by atoms with Crippen LogP contribution in [0.2, 0.25) is 5.02 Å². The molecule has 0 saturated heterocycles. The third kappa shape index (κ3) is 4.17. The lowest BCUT2D eigenvalue weighted by Crippen LogP contribution is -2.41. The molecular formula is C17H16ClN2O4-. The Kier molecular flexibility index (Phi) is 5.65. The molecule has 0 aliphatic rings. The molecule has 7 heteroatoms. The summed E-state index contributed by atoms with van der Waals surface area (Å²) >= 11 is 5.80. The van der Waals surface area contributed by atoms with Crippen LogP contribution in [-0.4, -0.2) is 30.4 Å². The minimum Gasteiger partial charge on any atom is -0.548 e. The van der Waals surface area contributed by atoms with Crippen molar-refractivity contribution >= 4 is 29.2 Å². The van der Waals surface area contributed by atoms with Crippen LogP contribution in [0.1, 0.15) is 15.9 Å². The van der Waals surface area contributed by atoms with E-state index in [9.17, 15) is 14.7 Å². The van der Waals surface area contributed by atoms with Crippen LogP contribution in [0.5, 0.6) is 5.75 Å². The zero-order chi connectivity index (χ0) is 17.7. The van der Waals surface area contributed by atoms with Crippen molar-refractivity contribution in [1.82, 2.24) is 4.90 Å². The average Bonchev–Trinajstić information content (AvgIpc) is 2.55. The number of halogens is 1. The van der Waals surface area contributed by atoms with Gasteiger partial charge in [0, 0.05) is 17.1 Å². The number of hydrogen-bond donors (Lipinski definition) is 1. The molecule has 0 bridgehead atoms. The summed E-state index contributed by atoms with van der Waals surface area (Å²) in [6.07, 6.45) is 0. The molecule has 0 atom stereocenters. The van der Waals surface area contributed by atoms with Crippen LogP contribution >= 0.6 is 11.6 Å². The van der Waals surface area contributed by atoms with E-state index in [-0.39, 0.29) is 6.54 Å². The molecule has 2 rings (SSSR count). The number of anilines is 1. The summed E-state index contributed by atoms with van der Waals surface area (Å²) in [6, 6.07) is 11.3. The maximum Gasteiger partial charge on any atom is 0.254 e. The van der Waals surface area contributed by atoms with Crippen molar-refractivity contribution in [1.29, 1.82) is 0 Å². The molecule has 1 amide bonds. The summed E-state index contributed by atoms with van der Waals surface area (Å²) in [7, 11) is 1.48. The molecule has 0 aromatic heterocycles. The van der Waals surface area contributed by atoms with Gasteiger partial charge in [0.25, 0.3) is 5.91 Å². The number of rotatable bonds is 6. The predicted octanol–water partition coefficient (Wildman–Crippen LogP) is 1.32. The minimum atomic E-state index is -1.36. The van der Waals surface area contributed by atoms with Gasteiger partial charge < -0.3 is 25.3 Å². The van der Waals surface area contributed by atoms with Crippen LogP contribution in [0, 0.1) is 0 Å². The number of ether oxygens (including phenoxy) is 1. The number of para-hydroxylation sites is 1. The van der Waals surface area contributed by atoms with Crippen LogP contribution in [0.3, 0.4) is 0 Å². The Morgan fingerprint density at radius 1 is 1.21 bits per heavy atom. The molecule has 0 heterocycles. The van der Waals surface area contributed by atoms with E-state index in [1.54, 1.807) is 30.3 Å². The van der Waals surface area contributed by atoms with Crippen LogP contribution in [0.15, 0.2) is 42.5 Å². The highest BCUT2D eigenvalue weighted by Crippen LogP contribution is 2.26. The van der Waals surface area contributed by atoms with Crippen molar-refractivity contribution < 1.29 is 19.4 Å². The number of nitrogen functional groups attached to an aromatic ring is 1. The number of benzene rings is 2. The summed E-state index contributed by atoms with van der Waals surface area (Å²) in [5, 5.41) is 11.5. The van der Waals surface area contributed by atoms with Gasteiger partial charge in [0.15, 0.2) is 0 Å². The Morgan fingerprint density at radius 2 is 1.88 bits per heavy atom. The zero-order valence-corrected chi connectivity index (χ0v) is 13.7. The van der Waals surface area contributed by atoms with Crippen LogP contribution < -0.4 is 15.6 Å². The second-order valence-corrected chi connectivity index (χ2v) is 5.51. The molecule has 24 heavy (non-hydrogen) atoms. The van der Waals surface area contributed by atoms with Crippen LogP contribution in [0.25, 0.3) is 0 Å². The number of nitrogens with two attached hydrogens (primary N) is 1. The van der Waals surface area contributed by atoms with Gasteiger partial charge in [0.05, 0.1) is 25.3 Å². The maximum absolute atomic E-state index is 12.6. The van der Waals surface area contributed by atoms with Crippen molar-refractivity contribution in [3.05, 3.63) is 58.6 Å². The fourth-order valence-electron chi connectivity index (χ4n) is 2.24. The average molecular weight is 348 g/mol. The number of methoxy groups -OCH3 is 1. The van der Waals surface area contributed by atoms with E-state index in [0.29, 0.717) is 27.6 Å². The Hall–Kier alpha value is -2.73. The highest BCUT2D eigenvalue weighted by Gasteiger charge is 2.18. The summed E-state index contributed by atoms with van der Waals surface area (Å²) in [6.45, 7) is -0.545. The smallest absolute Gasteiger partial charge is 0.254 e. The summed E-state index contributed by atoms with van der Waals surface area (Å²) in [5.41, 5.74) is 7.24. The fraction of sp³-hybridized carbons (Fsp3) is 0.176. The molecule has 2 aromatic carbocycles. The number of hydrogen-bond acceptors (Lipinski definition) is 5. The Morgan fingerprint density at radius 3 is 2.46 bits per heavy atom. The highest BCUT2D eigenvalue weighted by atomic mass is 35.5. The molecule has 0 spiro atoms. The summed E-state index contributed by atoms with van der Waals surface area (Å²) in [5.74, 6) is -1.36. The molecule has 0 unspecified atom stereocenters. The van der Waals surface area contributed by atoms with Gasteiger partial charge in [-0.05, 0) is 35.9 Å². The number of amides is 1. The molecule has 0 aliphatic heterocycles. The Balaban J connectivity index is 2.30. The van der Waals surface area contributed by atoms with Gasteiger partial charge in [-0.25, -0.2) is 0 Å². The number of carboxylic acids is 1. The lowest BCUT2D eigenvalue weighted by Gasteiger charge is -2.24. The molecule has 126 valence electrons. The second-order valence-electron chi connectivity index (χ2n) is 5.07. The molecule has 6 nitrogen and oxygen atoms in total. The van der Waals surface area contributed by atoms with E-state index in [2.05, 4.69) is 0 Å². The minimum absolute atomic E-state index is 0.0124. The van der Waals surface area contributed by atoms with Crippen molar-refractivity contribution in [2.45, 2.75) is 6.54 Å². The van der Waals surface area contributed by atoms with Crippen molar-refractivity contribution in [2.24, 2.45) is 0 Å². The third-order valence-corrected chi connectivity index (χ3v) is 3.69. The number of carboxylic acid groups (broad SMARTS) is 1. The maximum atomic E-state index is 12.6. The van der Waals surface area contributed by atoms with Gasteiger partial charge in [-0.1, -0.05) is 23.7 Å². The standard InChI is InChI=1S/C17H17ClN2O4/c1-24-14-4-2-3-12(16(14)19)9-20(10-15(21)22)17(23)11-5-7-13(18)8-6-11/h2-8H,9-10,19H2,1H3,(H,21,22)/p-1. The monoisotopic (exact) mass is 347 g/mol. The number of carbonyl (C=O) groups is 2. The highest BCUT2D eigenvalue weighted by molar-refractivity contribution is 6.30. The first-order valence-corrected chi connectivity index (χ1v) is 7.46. The molecule has 0 radical (unpaired) electrons. The third-order valence-electron chi connectivity index (χ3n) is 3.44. The van der Waals surface area contributed by atoms with E-state index in [4.69, 9.17) is 22.1 Å². The molecule has 0 saturated carbocycles. The first-order valence-electron chi connectivity index (χ1n) is 7.08.